The average Bonchev–Trinajstić information content (AvgIpc) is 3.23. The normalized spacial score (nSPS) is 11.5. The van der Waals surface area contributed by atoms with Crippen molar-refractivity contribution in [3.8, 4) is 0 Å². The second-order valence-corrected chi connectivity index (χ2v) is 19.6. The van der Waals surface area contributed by atoms with Crippen LogP contribution in [-0.4, -0.2) is 55.3 Å². The van der Waals surface area contributed by atoms with Gasteiger partial charge in [0.25, 0.3) is 0 Å². The van der Waals surface area contributed by atoms with E-state index in [0.29, 0.717) is 0 Å². The van der Waals surface area contributed by atoms with E-state index in [-0.39, 0.29) is 29.4 Å². The summed E-state index contributed by atoms with van der Waals surface area (Å²) in [5.41, 5.74) is 1.55. The van der Waals surface area contributed by atoms with Gasteiger partial charge in [-0.2, -0.15) is 0 Å². The third-order valence-electron chi connectivity index (χ3n) is 13.5. The molecule has 0 fully saturated rings. The summed E-state index contributed by atoms with van der Waals surface area (Å²) in [5, 5.41) is 0. The zero-order valence-electron chi connectivity index (χ0n) is 42.4. The van der Waals surface area contributed by atoms with E-state index in [2.05, 4.69) is 78.9 Å². The third kappa shape index (κ3) is 41.9. The Balaban J connectivity index is -0.00000107. The summed E-state index contributed by atoms with van der Waals surface area (Å²) in [6.07, 6.45) is 51.3. The largest absolute Gasteiger partial charge is 1.00 e. The van der Waals surface area contributed by atoms with Crippen LogP contribution in [-0.2, 0) is 6.54 Å². The van der Waals surface area contributed by atoms with E-state index in [1.807, 2.05) is 0 Å². The predicted octanol–water partition coefficient (Wildman–Crippen LogP) is 12.6. The lowest BCUT2D eigenvalue weighted by Gasteiger charge is -2.39. The maximum absolute atomic E-state index is 2.56. The Morgan fingerprint density at radius 3 is 0.767 bits per heavy atom. The topological polar surface area (TPSA) is 0 Å². The average molecular weight is 929 g/mol. The number of benzene rings is 1. The van der Waals surface area contributed by atoms with E-state index in [9.17, 15) is 0 Å². The van der Waals surface area contributed by atoms with Crippen LogP contribution >= 0.6 is 0 Å². The van der Waals surface area contributed by atoms with Gasteiger partial charge in [0, 0.05) is 5.56 Å². The van der Waals surface area contributed by atoms with Gasteiger partial charge in [0.05, 0.1) is 46.3 Å². The molecular formula is C56H112BrClN2. The third-order valence-corrected chi connectivity index (χ3v) is 13.5. The highest BCUT2D eigenvalue weighted by molar-refractivity contribution is 5.13. The predicted molar refractivity (Wildman–Crippen MR) is 266 cm³/mol. The first-order valence-corrected chi connectivity index (χ1v) is 27.2. The van der Waals surface area contributed by atoms with Gasteiger partial charge in [0.1, 0.15) is 6.54 Å². The van der Waals surface area contributed by atoms with Crippen molar-refractivity contribution < 1.29 is 38.4 Å². The zero-order valence-corrected chi connectivity index (χ0v) is 44.8. The van der Waals surface area contributed by atoms with Gasteiger partial charge in [-0.15, -0.1) is 0 Å². The smallest absolute Gasteiger partial charge is 0.104 e. The van der Waals surface area contributed by atoms with E-state index in [1.165, 1.54) is 286 Å². The fourth-order valence-corrected chi connectivity index (χ4v) is 9.38. The van der Waals surface area contributed by atoms with E-state index in [0.717, 1.165) is 0 Å². The molecule has 1 aromatic rings. The fraction of sp³-hybridized carbons (Fsp3) is 0.893. The molecule has 0 amide bonds. The van der Waals surface area contributed by atoms with Crippen molar-refractivity contribution in [2.75, 3.05) is 46.3 Å². The van der Waals surface area contributed by atoms with Crippen LogP contribution in [0.15, 0.2) is 30.3 Å². The van der Waals surface area contributed by atoms with E-state index >= 15 is 0 Å². The Hall–Kier alpha value is -0.0900. The minimum Gasteiger partial charge on any atom is -1.00 e. The summed E-state index contributed by atoms with van der Waals surface area (Å²) < 4.78 is 2.70. The van der Waals surface area contributed by atoms with Crippen LogP contribution in [0, 0.1) is 0 Å². The maximum Gasteiger partial charge on any atom is 0.104 e. The quantitative estimate of drug-likeness (QED) is 0.0452. The zero-order chi connectivity index (χ0) is 42.5. The molecule has 0 unspecified atom stereocenters. The van der Waals surface area contributed by atoms with Crippen LogP contribution in [0.25, 0.3) is 0 Å². The lowest BCUT2D eigenvalue weighted by Crippen LogP contribution is -3.00. The molecule has 0 atom stereocenters. The number of nitrogens with zero attached hydrogens (tertiary/aromatic N) is 2. The molecule has 0 aliphatic heterocycles. The number of hydrogen-bond acceptors (Lipinski definition) is 0. The van der Waals surface area contributed by atoms with Gasteiger partial charge in [-0.25, -0.2) is 0 Å². The highest BCUT2D eigenvalue weighted by atomic mass is 79.9. The van der Waals surface area contributed by atoms with Gasteiger partial charge in [0.15, 0.2) is 0 Å². The molecule has 1 rings (SSSR count). The van der Waals surface area contributed by atoms with Crippen LogP contribution in [0.5, 0.6) is 0 Å². The first-order valence-electron chi connectivity index (χ1n) is 27.2. The van der Waals surface area contributed by atoms with Crippen LogP contribution in [0.2, 0.25) is 0 Å². The van der Waals surface area contributed by atoms with Crippen molar-refractivity contribution >= 4 is 0 Å². The van der Waals surface area contributed by atoms with E-state index < -0.39 is 0 Å². The van der Waals surface area contributed by atoms with Crippen molar-refractivity contribution in [2.24, 2.45) is 0 Å². The number of quaternary nitrogens is 2. The minimum absolute atomic E-state index is 0. The lowest BCUT2D eigenvalue weighted by atomic mass is 10.0. The van der Waals surface area contributed by atoms with Gasteiger partial charge in [-0.1, -0.05) is 226 Å². The Bertz CT molecular complexity index is 828. The number of hydrogen-bond donors (Lipinski definition) is 0. The Kier molecular flexibility index (Phi) is 53.4. The first-order chi connectivity index (χ1) is 28.4. The number of unbranched alkanes of at least 4 members (excludes halogenated alkanes) is 30. The standard InChI is InChI=1S/C31H58N.C25H54N.BrH.ClH/c1-4-7-10-13-16-22-27-32(28-23-17-14-11-8-5-2,29-24-18-15-12-9-6-3)30-31-25-20-19-21-26-31;1-5-8-11-14-17-20-23-26(4,24-21-18-15-12-9-6-2)25-22-19-16-13-10-7-3;;/h19-21,25-26H,4-18,22-24,27-30H2,1-3H3;5-25H2,1-4H3;2*1H/q2*+1;;/p-2. The van der Waals surface area contributed by atoms with Crippen molar-refractivity contribution in [3.05, 3.63) is 35.9 Å². The molecule has 0 aliphatic rings. The summed E-state index contributed by atoms with van der Waals surface area (Å²) in [4.78, 5) is 0. The highest BCUT2D eigenvalue weighted by Gasteiger charge is 2.27. The molecule has 0 spiro atoms. The summed E-state index contributed by atoms with van der Waals surface area (Å²) in [5.74, 6) is 0. The molecule has 0 aliphatic carbocycles. The van der Waals surface area contributed by atoms with Gasteiger partial charge < -0.3 is 38.4 Å². The van der Waals surface area contributed by atoms with Crippen molar-refractivity contribution in [2.45, 2.75) is 279 Å². The molecule has 60 heavy (non-hydrogen) atoms. The van der Waals surface area contributed by atoms with Gasteiger partial charge in [0.2, 0.25) is 0 Å². The second-order valence-electron chi connectivity index (χ2n) is 19.6. The first kappa shape index (κ1) is 64.2. The van der Waals surface area contributed by atoms with Gasteiger partial charge >= 0.3 is 0 Å². The van der Waals surface area contributed by atoms with Crippen molar-refractivity contribution in [3.63, 3.8) is 0 Å². The van der Waals surface area contributed by atoms with Gasteiger partial charge in [-0.05, 0) is 77.0 Å². The van der Waals surface area contributed by atoms with Crippen LogP contribution in [0.3, 0.4) is 0 Å². The van der Waals surface area contributed by atoms with E-state index in [4.69, 9.17) is 0 Å². The van der Waals surface area contributed by atoms with Crippen molar-refractivity contribution in [1.29, 1.82) is 0 Å². The molecule has 4 heteroatoms. The molecule has 0 radical (unpaired) electrons. The summed E-state index contributed by atoms with van der Waals surface area (Å²) in [6.45, 7) is 23.6. The Labute approximate surface area is 397 Å². The molecule has 0 N–H and O–H groups in total. The molecule has 2 nitrogen and oxygen atoms in total. The summed E-state index contributed by atoms with van der Waals surface area (Å²) in [7, 11) is 2.56. The summed E-state index contributed by atoms with van der Waals surface area (Å²) >= 11 is 0. The second kappa shape index (κ2) is 49.9. The number of halogens is 2. The molecule has 360 valence electrons. The molecular weight excluding hydrogens is 816 g/mol. The van der Waals surface area contributed by atoms with Crippen LogP contribution in [0.1, 0.15) is 278 Å². The summed E-state index contributed by atoms with van der Waals surface area (Å²) in [6, 6.07) is 11.4. The minimum atomic E-state index is 0. The highest BCUT2D eigenvalue weighted by Crippen LogP contribution is 2.23. The molecule has 1 aromatic carbocycles. The fourth-order valence-electron chi connectivity index (χ4n) is 9.38. The van der Waals surface area contributed by atoms with Crippen LogP contribution < -0.4 is 29.4 Å². The Morgan fingerprint density at radius 1 is 0.300 bits per heavy atom. The Morgan fingerprint density at radius 2 is 0.517 bits per heavy atom. The van der Waals surface area contributed by atoms with E-state index in [1.54, 1.807) is 5.56 Å². The molecule has 0 heterocycles. The monoisotopic (exact) mass is 927 g/mol. The molecule has 0 saturated heterocycles. The van der Waals surface area contributed by atoms with Crippen molar-refractivity contribution in [1.82, 2.24) is 0 Å². The van der Waals surface area contributed by atoms with Crippen LogP contribution in [0.4, 0.5) is 0 Å². The molecule has 0 aromatic heterocycles. The SMILES string of the molecule is CCCCCCCC[N+](C)(CCCCCCCC)CCCCCCCC.CCCCCCCC[N+](CCCCCCCC)(CCCCCCCC)Cc1ccccc1.[Br-].[Cl-]. The van der Waals surface area contributed by atoms with Gasteiger partial charge in [-0.3, -0.25) is 0 Å². The number of rotatable bonds is 44. The maximum atomic E-state index is 2.56. The lowest BCUT2D eigenvalue weighted by molar-refractivity contribution is -0.941. The molecule has 0 saturated carbocycles. The molecule has 0 bridgehead atoms.